The predicted octanol–water partition coefficient (Wildman–Crippen LogP) is 2.64. The lowest BCUT2D eigenvalue weighted by Crippen LogP contribution is -2.38. The highest BCUT2D eigenvalue weighted by Crippen LogP contribution is 2.21. The zero-order valence-corrected chi connectivity index (χ0v) is 13.1. The molecule has 0 aromatic heterocycles. The predicted molar refractivity (Wildman–Crippen MR) is 86.1 cm³/mol. The Balaban J connectivity index is 2.07. The average molecular weight is 299 g/mol. The van der Waals surface area contributed by atoms with Gasteiger partial charge in [-0.05, 0) is 37.1 Å². The summed E-state index contributed by atoms with van der Waals surface area (Å²) in [6, 6.07) is 14.5. The summed E-state index contributed by atoms with van der Waals surface area (Å²) in [6.45, 7) is 3.73. The third-order valence-corrected chi connectivity index (χ3v) is 3.66. The van der Waals surface area contributed by atoms with Crippen molar-refractivity contribution in [2.24, 2.45) is 0 Å². The van der Waals surface area contributed by atoms with Gasteiger partial charge in [0.1, 0.15) is 11.4 Å². The van der Waals surface area contributed by atoms with Crippen LogP contribution in [0.4, 0.5) is 0 Å². The van der Waals surface area contributed by atoms with Crippen molar-refractivity contribution >= 4 is 5.91 Å². The lowest BCUT2D eigenvalue weighted by Gasteiger charge is -2.24. The number of ether oxygens (including phenoxy) is 1. The molecule has 4 nitrogen and oxygen atoms in total. The van der Waals surface area contributed by atoms with Crippen LogP contribution in [0, 0.1) is 6.92 Å². The Kier molecular flexibility index (Phi) is 4.83. The van der Waals surface area contributed by atoms with Crippen LogP contribution in [-0.2, 0) is 5.60 Å². The molecule has 4 heteroatoms. The average Bonchev–Trinajstić information content (AvgIpc) is 2.54. The van der Waals surface area contributed by atoms with Crippen molar-refractivity contribution in [3.63, 3.8) is 0 Å². The Morgan fingerprint density at radius 1 is 1.23 bits per heavy atom. The minimum Gasteiger partial charge on any atom is -0.496 e. The Morgan fingerprint density at radius 3 is 2.55 bits per heavy atom. The highest BCUT2D eigenvalue weighted by Gasteiger charge is 2.23. The molecule has 0 fully saturated rings. The monoisotopic (exact) mass is 299 g/mol. The van der Waals surface area contributed by atoms with Crippen molar-refractivity contribution in [2.45, 2.75) is 19.4 Å². The summed E-state index contributed by atoms with van der Waals surface area (Å²) in [6.07, 6.45) is 0. The zero-order valence-electron chi connectivity index (χ0n) is 13.1. The maximum atomic E-state index is 12.2. The van der Waals surface area contributed by atoms with E-state index in [2.05, 4.69) is 5.32 Å². The van der Waals surface area contributed by atoms with Crippen LogP contribution in [0.3, 0.4) is 0 Å². The van der Waals surface area contributed by atoms with Crippen LogP contribution in [0.2, 0.25) is 0 Å². The fourth-order valence-corrected chi connectivity index (χ4v) is 2.21. The van der Waals surface area contributed by atoms with Crippen molar-refractivity contribution < 1.29 is 14.6 Å². The maximum absolute atomic E-state index is 12.2. The second-order valence-corrected chi connectivity index (χ2v) is 5.51. The van der Waals surface area contributed by atoms with E-state index in [0.29, 0.717) is 11.3 Å². The highest BCUT2D eigenvalue weighted by molar-refractivity contribution is 5.94. The quantitative estimate of drug-likeness (QED) is 0.892. The molecule has 0 spiro atoms. The number of aliphatic hydroxyl groups is 1. The molecule has 2 aromatic carbocycles. The van der Waals surface area contributed by atoms with Gasteiger partial charge < -0.3 is 15.2 Å². The second-order valence-electron chi connectivity index (χ2n) is 5.51. The number of carbonyl (C=O) groups excluding carboxylic acids is 1. The Hall–Kier alpha value is -2.33. The Labute approximate surface area is 130 Å². The van der Waals surface area contributed by atoms with E-state index in [4.69, 9.17) is 4.74 Å². The van der Waals surface area contributed by atoms with Gasteiger partial charge in [0.2, 0.25) is 0 Å². The van der Waals surface area contributed by atoms with E-state index in [0.717, 1.165) is 11.1 Å². The molecule has 1 amide bonds. The number of amides is 1. The number of carbonyl (C=O) groups is 1. The number of methoxy groups -OCH3 is 1. The normalized spacial score (nSPS) is 13.3. The van der Waals surface area contributed by atoms with Crippen molar-refractivity contribution in [2.75, 3.05) is 13.7 Å². The van der Waals surface area contributed by atoms with Gasteiger partial charge in [-0.25, -0.2) is 0 Å². The van der Waals surface area contributed by atoms with Crippen molar-refractivity contribution in [1.82, 2.24) is 5.32 Å². The van der Waals surface area contributed by atoms with E-state index in [-0.39, 0.29) is 12.5 Å². The largest absolute Gasteiger partial charge is 0.496 e. The van der Waals surface area contributed by atoms with Crippen LogP contribution in [-0.4, -0.2) is 24.7 Å². The maximum Gasteiger partial charge on any atom is 0.251 e. The first-order chi connectivity index (χ1) is 10.4. The van der Waals surface area contributed by atoms with Gasteiger partial charge in [0.15, 0.2) is 0 Å². The minimum absolute atomic E-state index is 0.131. The molecule has 116 valence electrons. The van der Waals surface area contributed by atoms with Gasteiger partial charge in [-0.1, -0.05) is 36.4 Å². The smallest absolute Gasteiger partial charge is 0.251 e. The molecule has 0 bridgehead atoms. The molecule has 1 atom stereocenters. The molecule has 0 aliphatic rings. The first-order valence-corrected chi connectivity index (χ1v) is 7.15. The fraction of sp³-hybridized carbons (Fsp3) is 0.278. The van der Waals surface area contributed by atoms with Crippen LogP contribution >= 0.6 is 0 Å². The zero-order chi connectivity index (χ0) is 16.2. The first-order valence-electron chi connectivity index (χ1n) is 7.15. The van der Waals surface area contributed by atoms with Gasteiger partial charge in [0.05, 0.1) is 13.7 Å². The number of hydrogen-bond acceptors (Lipinski definition) is 3. The fourth-order valence-electron chi connectivity index (χ4n) is 2.21. The highest BCUT2D eigenvalue weighted by atomic mass is 16.5. The van der Waals surface area contributed by atoms with Crippen LogP contribution in [0.15, 0.2) is 48.5 Å². The molecule has 0 saturated heterocycles. The molecule has 0 saturated carbocycles. The SMILES string of the molecule is COc1cc(C(=O)NCC(C)(O)c2ccccc2)ccc1C. The van der Waals surface area contributed by atoms with Gasteiger partial charge in [0.25, 0.3) is 5.91 Å². The Morgan fingerprint density at radius 2 is 1.91 bits per heavy atom. The van der Waals surface area contributed by atoms with Crippen molar-refractivity contribution in [1.29, 1.82) is 0 Å². The molecule has 22 heavy (non-hydrogen) atoms. The molecular formula is C18H21NO3. The first kappa shape index (κ1) is 16.0. The molecule has 0 radical (unpaired) electrons. The summed E-state index contributed by atoms with van der Waals surface area (Å²) in [5, 5.41) is 13.3. The standard InChI is InChI=1S/C18H21NO3/c1-13-9-10-14(11-16(13)22-3)17(20)19-12-18(2,21)15-7-5-4-6-8-15/h4-11,21H,12H2,1-3H3,(H,19,20). The molecule has 1 unspecified atom stereocenters. The lowest BCUT2D eigenvalue weighted by molar-refractivity contribution is 0.0526. The van der Waals surface area contributed by atoms with E-state index in [1.54, 1.807) is 26.2 Å². The van der Waals surface area contributed by atoms with E-state index in [9.17, 15) is 9.90 Å². The van der Waals surface area contributed by atoms with Crippen molar-refractivity contribution in [3.05, 3.63) is 65.2 Å². The topological polar surface area (TPSA) is 58.6 Å². The summed E-state index contributed by atoms with van der Waals surface area (Å²) in [5.41, 5.74) is 1.12. The molecular weight excluding hydrogens is 278 g/mol. The third-order valence-electron chi connectivity index (χ3n) is 3.66. The number of benzene rings is 2. The summed E-state index contributed by atoms with van der Waals surface area (Å²) in [5.74, 6) is 0.428. The second kappa shape index (κ2) is 6.62. The molecule has 0 heterocycles. The molecule has 2 N–H and O–H groups in total. The molecule has 0 aliphatic heterocycles. The van der Waals surface area contributed by atoms with E-state index >= 15 is 0 Å². The van der Waals surface area contributed by atoms with E-state index in [1.807, 2.05) is 43.3 Å². The lowest BCUT2D eigenvalue weighted by atomic mass is 9.96. The third kappa shape index (κ3) is 3.65. The summed E-state index contributed by atoms with van der Waals surface area (Å²) in [7, 11) is 1.57. The van der Waals surface area contributed by atoms with Gasteiger partial charge in [0, 0.05) is 5.56 Å². The summed E-state index contributed by atoms with van der Waals surface area (Å²) >= 11 is 0. The summed E-state index contributed by atoms with van der Waals surface area (Å²) < 4.78 is 5.22. The molecule has 2 rings (SSSR count). The molecule has 0 aliphatic carbocycles. The number of aryl methyl sites for hydroxylation is 1. The van der Waals surface area contributed by atoms with Crippen LogP contribution in [0.25, 0.3) is 0 Å². The number of nitrogens with one attached hydrogen (secondary N) is 1. The summed E-state index contributed by atoms with van der Waals surface area (Å²) in [4.78, 5) is 12.2. The van der Waals surface area contributed by atoms with Gasteiger partial charge >= 0.3 is 0 Å². The Bertz CT molecular complexity index is 651. The van der Waals surface area contributed by atoms with E-state index < -0.39 is 5.60 Å². The minimum atomic E-state index is -1.12. The van der Waals surface area contributed by atoms with Gasteiger partial charge in [-0.2, -0.15) is 0 Å². The van der Waals surface area contributed by atoms with Gasteiger partial charge in [-0.3, -0.25) is 4.79 Å². The van der Waals surface area contributed by atoms with Crippen LogP contribution < -0.4 is 10.1 Å². The number of hydrogen-bond donors (Lipinski definition) is 2. The van der Waals surface area contributed by atoms with Crippen LogP contribution in [0.5, 0.6) is 5.75 Å². The van der Waals surface area contributed by atoms with Crippen LogP contribution in [0.1, 0.15) is 28.4 Å². The van der Waals surface area contributed by atoms with Gasteiger partial charge in [-0.15, -0.1) is 0 Å². The van der Waals surface area contributed by atoms with Crippen molar-refractivity contribution in [3.8, 4) is 5.75 Å². The van der Waals surface area contributed by atoms with E-state index in [1.165, 1.54) is 0 Å². The molecule has 2 aromatic rings. The number of rotatable bonds is 5.